The molecule has 0 unspecified atom stereocenters. The fourth-order valence-electron chi connectivity index (χ4n) is 4.52. The van der Waals surface area contributed by atoms with Gasteiger partial charge < -0.3 is 15.6 Å². The quantitative estimate of drug-likeness (QED) is 0.254. The summed E-state index contributed by atoms with van der Waals surface area (Å²) in [7, 11) is 1.93. The summed E-state index contributed by atoms with van der Waals surface area (Å²) < 4.78 is 19.6. The van der Waals surface area contributed by atoms with Crippen LogP contribution in [-0.2, 0) is 6.54 Å². The van der Waals surface area contributed by atoms with Crippen molar-refractivity contribution in [3.63, 3.8) is 0 Å². The summed E-state index contributed by atoms with van der Waals surface area (Å²) in [4.78, 5) is 24.1. The Morgan fingerprint density at radius 3 is 2.46 bits per heavy atom. The average Bonchev–Trinajstić information content (AvgIpc) is 3.52. The molecule has 4 aromatic heterocycles. The molecule has 0 aliphatic heterocycles. The van der Waals surface area contributed by atoms with Crippen molar-refractivity contribution >= 4 is 23.3 Å². The summed E-state index contributed by atoms with van der Waals surface area (Å²) in [5.41, 5.74) is 13.4. The molecule has 9 nitrogen and oxygen atoms in total. The van der Waals surface area contributed by atoms with Crippen molar-refractivity contribution in [2.75, 3.05) is 12.8 Å². The number of hydrogen-bond acceptors (Lipinski definition) is 8. The Labute approximate surface area is 235 Å². The number of aryl methyl sites for hydroxylation is 2. The minimum Gasteiger partial charge on any atom is -0.383 e. The number of benzene rings is 2. The third-order valence-corrected chi connectivity index (χ3v) is 6.43. The van der Waals surface area contributed by atoms with Gasteiger partial charge in [-0.1, -0.05) is 29.4 Å². The highest BCUT2D eigenvalue weighted by molar-refractivity contribution is 5.85. The molecule has 0 aliphatic rings. The molecule has 6 rings (SSSR count). The lowest BCUT2D eigenvalue weighted by atomic mass is 10.1. The van der Waals surface area contributed by atoms with Crippen molar-refractivity contribution in [3.05, 3.63) is 107 Å². The van der Waals surface area contributed by atoms with Crippen LogP contribution in [0.15, 0.2) is 83.5 Å². The third-order valence-electron chi connectivity index (χ3n) is 6.43. The molecule has 0 radical (unpaired) electrons. The lowest BCUT2D eigenvalue weighted by molar-refractivity contribution is 0.112. The number of carbonyl (C=O) groups excluding carboxylic acids is 1. The molecule has 0 saturated carbocycles. The number of fused-ring (bicyclic) bond motifs is 1. The summed E-state index contributed by atoms with van der Waals surface area (Å²) in [5.74, 6) is 1.46. The van der Waals surface area contributed by atoms with Crippen LogP contribution in [0.2, 0.25) is 0 Å². The van der Waals surface area contributed by atoms with Crippen molar-refractivity contribution in [1.29, 1.82) is 0 Å². The Balaban J connectivity index is 0.000000321. The molecule has 10 heteroatoms. The molecule has 0 saturated heterocycles. The van der Waals surface area contributed by atoms with Gasteiger partial charge in [0.1, 0.15) is 29.2 Å². The number of rotatable bonds is 6. The van der Waals surface area contributed by atoms with Gasteiger partial charge in [0, 0.05) is 24.0 Å². The number of halogens is 1. The Kier molecular flexibility index (Phi) is 7.93. The number of imidazole rings is 1. The van der Waals surface area contributed by atoms with Gasteiger partial charge in [-0.15, -0.1) is 0 Å². The lowest BCUT2D eigenvalue weighted by Crippen LogP contribution is -2.06. The molecule has 0 bridgehead atoms. The van der Waals surface area contributed by atoms with Gasteiger partial charge in [-0.3, -0.25) is 9.36 Å². The van der Waals surface area contributed by atoms with E-state index >= 15 is 0 Å². The predicted octanol–water partition coefficient (Wildman–Crippen LogP) is 5.69. The first-order chi connectivity index (χ1) is 19.9. The van der Waals surface area contributed by atoms with Crippen LogP contribution in [0, 0.1) is 19.7 Å². The van der Waals surface area contributed by atoms with Crippen LogP contribution in [0.3, 0.4) is 0 Å². The number of nitrogens with two attached hydrogens (primary N) is 1. The fraction of sp³-hybridized carbons (Fsp3) is 0.129. The second kappa shape index (κ2) is 11.9. The van der Waals surface area contributed by atoms with Crippen LogP contribution in [0.4, 0.5) is 10.2 Å². The monoisotopic (exact) mass is 549 g/mol. The normalized spacial score (nSPS) is 10.8. The zero-order valence-electron chi connectivity index (χ0n) is 22.8. The van der Waals surface area contributed by atoms with E-state index in [1.165, 1.54) is 23.8 Å². The molecule has 206 valence electrons. The maximum absolute atomic E-state index is 12.2. The zero-order valence-corrected chi connectivity index (χ0v) is 22.8. The zero-order chi connectivity index (χ0) is 28.9. The molecule has 0 atom stereocenters. The van der Waals surface area contributed by atoms with Crippen LogP contribution < -0.4 is 11.1 Å². The second-order valence-electron chi connectivity index (χ2n) is 9.32. The largest absolute Gasteiger partial charge is 0.383 e. The molecular formula is C31H28FN7O2. The molecule has 0 spiro atoms. The maximum atomic E-state index is 12.2. The first kappa shape index (κ1) is 27.4. The third kappa shape index (κ3) is 5.73. The second-order valence-corrected chi connectivity index (χ2v) is 9.32. The van der Waals surface area contributed by atoms with Crippen LogP contribution in [0.1, 0.15) is 27.4 Å². The van der Waals surface area contributed by atoms with E-state index in [-0.39, 0.29) is 5.82 Å². The number of aromatic nitrogens is 5. The smallest absolute Gasteiger partial charge is 0.165 e. The van der Waals surface area contributed by atoms with E-state index in [1.807, 2.05) is 49.7 Å². The van der Waals surface area contributed by atoms with E-state index in [9.17, 15) is 9.18 Å². The summed E-state index contributed by atoms with van der Waals surface area (Å²) in [6, 6.07) is 21.5. The van der Waals surface area contributed by atoms with Crippen molar-refractivity contribution in [2.45, 2.75) is 20.4 Å². The number of nitrogens with one attached hydrogen (secondary N) is 1. The number of anilines is 1. The highest BCUT2D eigenvalue weighted by atomic mass is 19.1. The molecule has 3 N–H and O–H groups in total. The Bertz CT molecular complexity index is 1810. The van der Waals surface area contributed by atoms with Crippen LogP contribution >= 0.6 is 0 Å². The van der Waals surface area contributed by atoms with Crippen LogP contribution in [0.5, 0.6) is 0 Å². The molecule has 0 amide bonds. The fourth-order valence-corrected chi connectivity index (χ4v) is 4.52. The topological polar surface area (TPSA) is 125 Å². The molecule has 2 aromatic carbocycles. The van der Waals surface area contributed by atoms with Gasteiger partial charge in [-0.2, -0.15) is 0 Å². The van der Waals surface area contributed by atoms with E-state index in [2.05, 4.69) is 39.7 Å². The molecule has 0 fully saturated rings. The summed E-state index contributed by atoms with van der Waals surface area (Å²) in [5, 5.41) is 7.25. The minimum absolute atomic E-state index is 0.370. The number of nitrogen functional groups attached to an aromatic ring is 1. The highest BCUT2D eigenvalue weighted by Crippen LogP contribution is 2.33. The Hall–Kier alpha value is -5.22. The van der Waals surface area contributed by atoms with Gasteiger partial charge in [0.25, 0.3) is 0 Å². The SMILES string of the molecule is CNCc1ccc(-n2c(-c3cccnc3N)nc3ccc(-c4c(C)noc4C)nc32)cc1.O=Cc1cccc(F)c1. The molecule has 0 aliphatic carbocycles. The lowest BCUT2D eigenvalue weighted by Gasteiger charge is -2.11. The predicted molar refractivity (Wildman–Crippen MR) is 156 cm³/mol. The van der Waals surface area contributed by atoms with Crippen molar-refractivity contribution in [2.24, 2.45) is 0 Å². The maximum Gasteiger partial charge on any atom is 0.165 e. The molecular weight excluding hydrogens is 521 g/mol. The van der Waals surface area contributed by atoms with Crippen molar-refractivity contribution in [1.82, 2.24) is 30.0 Å². The van der Waals surface area contributed by atoms with Gasteiger partial charge in [-0.05, 0) is 75.0 Å². The van der Waals surface area contributed by atoms with E-state index in [4.69, 9.17) is 20.2 Å². The van der Waals surface area contributed by atoms with Gasteiger partial charge >= 0.3 is 0 Å². The molecule has 4 heterocycles. The van der Waals surface area contributed by atoms with E-state index in [0.717, 1.165) is 51.7 Å². The summed E-state index contributed by atoms with van der Waals surface area (Å²) >= 11 is 0. The minimum atomic E-state index is -0.375. The van der Waals surface area contributed by atoms with Gasteiger partial charge in [0.15, 0.2) is 11.5 Å². The number of nitrogens with zero attached hydrogens (tertiary/aromatic N) is 5. The van der Waals surface area contributed by atoms with Gasteiger partial charge in [0.2, 0.25) is 0 Å². The standard InChI is InChI=1S/C24H23N7O.C7H5FO/c1-14-21(15(2)32-30-14)19-10-11-20-24(28-19)31(17-8-6-16(7-9-17)13-26-3)23(29-20)18-5-4-12-27-22(18)25;8-7-3-1-2-6(4-7)5-9/h4-12,26H,13H2,1-3H3,(H2,25,27);1-5H. The number of aldehydes is 1. The molecule has 6 aromatic rings. The molecule has 41 heavy (non-hydrogen) atoms. The van der Waals surface area contributed by atoms with Gasteiger partial charge in [0.05, 0.1) is 22.5 Å². The van der Waals surface area contributed by atoms with Crippen LogP contribution in [-0.4, -0.2) is 38.0 Å². The Morgan fingerprint density at radius 1 is 1.02 bits per heavy atom. The van der Waals surface area contributed by atoms with E-state index in [1.54, 1.807) is 12.3 Å². The first-order valence-electron chi connectivity index (χ1n) is 12.9. The first-order valence-corrected chi connectivity index (χ1v) is 12.9. The Morgan fingerprint density at radius 2 is 1.83 bits per heavy atom. The number of pyridine rings is 2. The summed E-state index contributed by atoms with van der Waals surface area (Å²) in [6.45, 7) is 4.60. The average molecular weight is 550 g/mol. The van der Waals surface area contributed by atoms with E-state index in [0.29, 0.717) is 23.5 Å². The number of hydrogen-bond donors (Lipinski definition) is 2. The van der Waals surface area contributed by atoms with E-state index < -0.39 is 0 Å². The van der Waals surface area contributed by atoms with Gasteiger partial charge in [-0.25, -0.2) is 19.3 Å². The van der Waals surface area contributed by atoms with Crippen molar-refractivity contribution in [3.8, 4) is 28.3 Å². The number of carbonyl (C=O) groups is 1. The van der Waals surface area contributed by atoms with Crippen LogP contribution in [0.25, 0.3) is 39.5 Å². The van der Waals surface area contributed by atoms with Crippen molar-refractivity contribution < 1.29 is 13.7 Å². The highest BCUT2D eigenvalue weighted by Gasteiger charge is 2.20. The summed E-state index contributed by atoms with van der Waals surface area (Å²) in [6.07, 6.45) is 2.29.